The molecule has 1 aliphatic carbocycles. The lowest BCUT2D eigenvalue weighted by atomic mass is 10.0. The first-order valence-corrected chi connectivity index (χ1v) is 11.7. The molecule has 2 fully saturated rings. The fourth-order valence-corrected chi connectivity index (χ4v) is 3.91. The van der Waals surface area contributed by atoms with E-state index in [1.807, 2.05) is 0 Å². The molecule has 0 bridgehead atoms. The molecule has 2 N–H and O–H groups in total. The Kier molecular flexibility index (Phi) is 7.87. The monoisotopic (exact) mass is 487 g/mol. The molecule has 4 rings (SSSR count). The highest BCUT2D eigenvalue weighted by Gasteiger charge is 2.31. The third kappa shape index (κ3) is 7.16. The number of nitrogens with zero attached hydrogens (tertiary/aromatic N) is 1. The number of hydrogen-bond donors (Lipinski definition) is 2. The number of rotatable bonds is 8. The van der Waals surface area contributed by atoms with E-state index in [-0.39, 0.29) is 30.4 Å². The molecule has 35 heavy (non-hydrogen) atoms. The number of alkyl halides is 3. The SMILES string of the molecule is O=C(/C=C/c1ccc(C(=O)NC2CC2)cc1)NCC(c1ccc(C(F)(F)F)cc1)N1CCOCC1. The Bertz CT molecular complexity index is 1040. The minimum Gasteiger partial charge on any atom is -0.379 e. The van der Waals surface area contributed by atoms with E-state index in [1.165, 1.54) is 18.2 Å². The van der Waals surface area contributed by atoms with Crippen LogP contribution >= 0.6 is 0 Å². The number of halogens is 3. The van der Waals surface area contributed by atoms with Gasteiger partial charge in [0.1, 0.15) is 0 Å². The first kappa shape index (κ1) is 24.9. The Morgan fingerprint density at radius 2 is 1.69 bits per heavy atom. The maximum atomic E-state index is 13.0. The molecule has 1 atom stereocenters. The van der Waals surface area contributed by atoms with Crippen LogP contribution in [-0.4, -0.2) is 55.6 Å². The number of nitrogens with one attached hydrogen (secondary N) is 2. The van der Waals surface area contributed by atoms with Crippen molar-refractivity contribution >= 4 is 17.9 Å². The number of amides is 2. The second-order valence-electron chi connectivity index (χ2n) is 8.73. The predicted molar refractivity (Wildman–Crippen MR) is 126 cm³/mol. The molecule has 0 radical (unpaired) electrons. The molecule has 9 heteroatoms. The Balaban J connectivity index is 1.36. The molecule has 2 aromatic rings. The maximum Gasteiger partial charge on any atom is 0.416 e. The summed E-state index contributed by atoms with van der Waals surface area (Å²) in [6, 6.07) is 12.0. The van der Waals surface area contributed by atoms with Gasteiger partial charge in [-0.25, -0.2) is 0 Å². The van der Waals surface area contributed by atoms with E-state index < -0.39 is 11.7 Å². The zero-order valence-electron chi connectivity index (χ0n) is 19.2. The third-order valence-electron chi connectivity index (χ3n) is 6.09. The van der Waals surface area contributed by atoms with Crippen molar-refractivity contribution in [2.24, 2.45) is 0 Å². The summed E-state index contributed by atoms with van der Waals surface area (Å²) in [6.07, 6.45) is 0.702. The van der Waals surface area contributed by atoms with Crippen LogP contribution in [0.5, 0.6) is 0 Å². The Morgan fingerprint density at radius 1 is 1.03 bits per heavy atom. The fourth-order valence-electron chi connectivity index (χ4n) is 3.91. The van der Waals surface area contributed by atoms with Crippen molar-refractivity contribution in [1.82, 2.24) is 15.5 Å². The van der Waals surface area contributed by atoms with Crippen molar-refractivity contribution in [1.29, 1.82) is 0 Å². The third-order valence-corrected chi connectivity index (χ3v) is 6.09. The summed E-state index contributed by atoms with van der Waals surface area (Å²) in [4.78, 5) is 26.6. The van der Waals surface area contributed by atoms with Crippen molar-refractivity contribution in [3.63, 3.8) is 0 Å². The van der Waals surface area contributed by atoms with Crippen LogP contribution < -0.4 is 10.6 Å². The molecule has 2 amide bonds. The van der Waals surface area contributed by atoms with Crippen LogP contribution in [-0.2, 0) is 15.7 Å². The van der Waals surface area contributed by atoms with Crippen molar-refractivity contribution in [2.45, 2.75) is 31.1 Å². The summed E-state index contributed by atoms with van der Waals surface area (Å²) in [5, 5.41) is 5.79. The summed E-state index contributed by atoms with van der Waals surface area (Å²) in [5.41, 5.74) is 1.34. The highest BCUT2D eigenvalue weighted by Crippen LogP contribution is 2.31. The van der Waals surface area contributed by atoms with Crippen molar-refractivity contribution in [2.75, 3.05) is 32.8 Å². The van der Waals surface area contributed by atoms with Gasteiger partial charge in [0.25, 0.3) is 5.91 Å². The molecular formula is C26H28F3N3O3. The molecule has 1 saturated heterocycles. The minimum absolute atomic E-state index is 0.0989. The lowest BCUT2D eigenvalue weighted by Gasteiger charge is -2.35. The smallest absolute Gasteiger partial charge is 0.379 e. The van der Waals surface area contributed by atoms with Crippen LogP contribution in [0.4, 0.5) is 13.2 Å². The molecule has 186 valence electrons. The van der Waals surface area contributed by atoms with E-state index in [4.69, 9.17) is 4.74 Å². The van der Waals surface area contributed by atoms with Gasteiger partial charge < -0.3 is 15.4 Å². The summed E-state index contributed by atoms with van der Waals surface area (Å²) in [7, 11) is 0. The molecule has 0 aromatic heterocycles. The second kappa shape index (κ2) is 11.0. The Hall–Kier alpha value is -3.17. The number of morpholine rings is 1. The van der Waals surface area contributed by atoms with E-state index in [9.17, 15) is 22.8 Å². The van der Waals surface area contributed by atoms with Crippen molar-refractivity contribution < 1.29 is 27.5 Å². The molecule has 6 nitrogen and oxygen atoms in total. The Labute approximate surface area is 202 Å². The number of ether oxygens (including phenoxy) is 1. The average Bonchev–Trinajstić information content (AvgIpc) is 3.67. The lowest BCUT2D eigenvalue weighted by Crippen LogP contribution is -2.43. The first-order valence-electron chi connectivity index (χ1n) is 11.7. The highest BCUT2D eigenvalue weighted by atomic mass is 19.4. The predicted octanol–water partition coefficient (Wildman–Crippen LogP) is 3.80. The molecular weight excluding hydrogens is 459 g/mol. The number of hydrogen-bond acceptors (Lipinski definition) is 4. The van der Waals surface area contributed by atoms with Gasteiger partial charge in [0.05, 0.1) is 24.8 Å². The highest BCUT2D eigenvalue weighted by molar-refractivity contribution is 5.95. The van der Waals surface area contributed by atoms with Crippen LogP contribution in [0.3, 0.4) is 0 Å². The van der Waals surface area contributed by atoms with Gasteiger partial charge in [0, 0.05) is 37.3 Å². The average molecular weight is 488 g/mol. The summed E-state index contributed by atoms with van der Waals surface area (Å²) in [5.74, 6) is -0.413. The Morgan fingerprint density at radius 3 is 2.29 bits per heavy atom. The van der Waals surface area contributed by atoms with Crippen LogP contribution in [0.1, 0.15) is 45.9 Å². The molecule has 1 saturated carbocycles. The van der Waals surface area contributed by atoms with Gasteiger partial charge in [-0.3, -0.25) is 14.5 Å². The van der Waals surface area contributed by atoms with Gasteiger partial charge in [-0.2, -0.15) is 13.2 Å². The largest absolute Gasteiger partial charge is 0.416 e. The van der Waals surface area contributed by atoms with E-state index >= 15 is 0 Å². The summed E-state index contributed by atoms with van der Waals surface area (Å²) < 4.78 is 44.3. The normalized spacial score (nSPS) is 17.8. The summed E-state index contributed by atoms with van der Waals surface area (Å²) in [6.45, 7) is 2.55. The maximum absolute atomic E-state index is 13.0. The van der Waals surface area contributed by atoms with Crippen LogP contribution in [0.2, 0.25) is 0 Å². The van der Waals surface area contributed by atoms with E-state index in [0.717, 1.165) is 30.5 Å². The zero-order valence-corrected chi connectivity index (χ0v) is 19.2. The van der Waals surface area contributed by atoms with E-state index in [0.29, 0.717) is 37.4 Å². The van der Waals surface area contributed by atoms with E-state index in [2.05, 4.69) is 15.5 Å². The molecule has 1 unspecified atom stereocenters. The molecule has 2 aromatic carbocycles. The minimum atomic E-state index is -4.40. The topological polar surface area (TPSA) is 70.7 Å². The molecule has 1 aliphatic heterocycles. The standard InChI is InChI=1S/C26H28F3N3O3/c27-26(28,29)21-8-6-19(7-9-21)23(32-13-15-35-16-14-32)17-30-24(33)12-3-18-1-4-20(5-2-18)25(34)31-22-10-11-22/h1-9,12,22-23H,10-11,13-17H2,(H,30,33)(H,31,34)/b12-3+. The van der Waals surface area contributed by atoms with Crippen molar-refractivity contribution in [3.8, 4) is 0 Å². The zero-order chi connectivity index (χ0) is 24.8. The van der Waals surface area contributed by atoms with Gasteiger partial charge >= 0.3 is 6.18 Å². The van der Waals surface area contributed by atoms with Crippen molar-refractivity contribution in [3.05, 3.63) is 76.9 Å². The summed E-state index contributed by atoms with van der Waals surface area (Å²) >= 11 is 0. The van der Waals surface area contributed by atoms with Gasteiger partial charge in [-0.15, -0.1) is 0 Å². The van der Waals surface area contributed by atoms with E-state index in [1.54, 1.807) is 30.3 Å². The van der Waals surface area contributed by atoms with Gasteiger partial charge in [0.15, 0.2) is 0 Å². The quantitative estimate of drug-likeness (QED) is 0.556. The molecule has 1 heterocycles. The van der Waals surface area contributed by atoms with Gasteiger partial charge in [-0.1, -0.05) is 24.3 Å². The van der Waals surface area contributed by atoms with Crippen LogP contribution in [0.25, 0.3) is 6.08 Å². The number of benzene rings is 2. The lowest BCUT2D eigenvalue weighted by molar-refractivity contribution is -0.137. The fraction of sp³-hybridized carbons (Fsp3) is 0.385. The molecule has 0 spiro atoms. The van der Waals surface area contributed by atoms with Gasteiger partial charge in [0.2, 0.25) is 5.91 Å². The number of carbonyl (C=O) groups excluding carboxylic acids is 2. The molecule has 2 aliphatic rings. The number of carbonyl (C=O) groups is 2. The first-order chi connectivity index (χ1) is 16.8. The van der Waals surface area contributed by atoms with Crippen LogP contribution in [0.15, 0.2) is 54.6 Å². The van der Waals surface area contributed by atoms with Crippen LogP contribution in [0, 0.1) is 0 Å². The second-order valence-corrected chi connectivity index (χ2v) is 8.73. The van der Waals surface area contributed by atoms with Gasteiger partial charge in [-0.05, 0) is 54.3 Å².